The second kappa shape index (κ2) is 8.00. The molecular weight excluding hydrogens is 382 g/mol. The van der Waals surface area contributed by atoms with Crippen LogP contribution in [0.15, 0.2) is 24.3 Å². The fraction of sp³-hybridized carbons (Fsp3) is 0.500. The fourth-order valence-electron chi connectivity index (χ4n) is 4.37. The first-order valence-electron chi connectivity index (χ1n) is 10.4. The molecule has 30 heavy (non-hydrogen) atoms. The molecule has 1 amide bonds. The van der Waals surface area contributed by atoms with Crippen molar-refractivity contribution in [2.45, 2.75) is 69.6 Å². The van der Waals surface area contributed by atoms with Gasteiger partial charge < -0.3 is 20.5 Å². The number of amides is 1. The van der Waals surface area contributed by atoms with Crippen molar-refractivity contribution < 1.29 is 14.6 Å². The summed E-state index contributed by atoms with van der Waals surface area (Å²) in [5.41, 5.74) is 2.47. The Morgan fingerprint density at radius 2 is 2.23 bits per heavy atom. The number of nitrogens with one attached hydrogen (secondary N) is 3. The van der Waals surface area contributed by atoms with E-state index in [1.54, 1.807) is 0 Å². The normalized spacial score (nSPS) is 25.0. The predicted molar refractivity (Wildman–Crippen MR) is 111 cm³/mol. The summed E-state index contributed by atoms with van der Waals surface area (Å²) in [7, 11) is 0. The highest BCUT2D eigenvalue weighted by Gasteiger charge is 2.36. The van der Waals surface area contributed by atoms with E-state index in [1.165, 1.54) is 0 Å². The molecule has 0 saturated heterocycles. The maximum absolute atomic E-state index is 11.8. The first kappa shape index (κ1) is 20.2. The summed E-state index contributed by atoms with van der Waals surface area (Å²) in [6.45, 7) is 3.81. The molecule has 1 heterocycles. The minimum atomic E-state index is -1.34. The molecule has 1 saturated carbocycles. The third kappa shape index (κ3) is 4.26. The lowest BCUT2D eigenvalue weighted by Crippen LogP contribution is -2.33. The van der Waals surface area contributed by atoms with E-state index in [4.69, 9.17) is 4.74 Å². The number of nitriles is 1. The second-order valence-corrected chi connectivity index (χ2v) is 8.61. The average Bonchev–Trinajstić information content (AvgIpc) is 3.40. The van der Waals surface area contributed by atoms with Gasteiger partial charge >= 0.3 is 6.09 Å². The number of aromatic amines is 1. The highest BCUT2D eigenvalue weighted by molar-refractivity contribution is 5.67. The summed E-state index contributed by atoms with van der Waals surface area (Å²) in [4.78, 5) is 11.8. The van der Waals surface area contributed by atoms with Gasteiger partial charge in [-0.25, -0.2) is 4.79 Å². The Labute approximate surface area is 175 Å². The van der Waals surface area contributed by atoms with Crippen molar-refractivity contribution in [1.29, 1.82) is 5.26 Å². The molecule has 0 bridgehead atoms. The molecule has 158 valence electrons. The average molecular weight is 409 g/mol. The van der Waals surface area contributed by atoms with Gasteiger partial charge in [0.05, 0.1) is 6.07 Å². The molecule has 8 heteroatoms. The van der Waals surface area contributed by atoms with Crippen molar-refractivity contribution in [1.82, 2.24) is 15.5 Å². The van der Waals surface area contributed by atoms with Crippen molar-refractivity contribution in [2.75, 3.05) is 5.32 Å². The Morgan fingerprint density at radius 3 is 3.00 bits per heavy atom. The molecule has 8 nitrogen and oxygen atoms in total. The van der Waals surface area contributed by atoms with Gasteiger partial charge in [-0.05, 0) is 50.3 Å². The zero-order valence-corrected chi connectivity index (χ0v) is 17.2. The smallest absolute Gasteiger partial charge is 0.407 e. The summed E-state index contributed by atoms with van der Waals surface area (Å²) in [6, 6.07) is 9.84. The van der Waals surface area contributed by atoms with Gasteiger partial charge in [0.25, 0.3) is 0 Å². The Kier molecular flexibility index (Phi) is 5.39. The van der Waals surface area contributed by atoms with Crippen LogP contribution in [-0.2, 0) is 17.6 Å². The van der Waals surface area contributed by atoms with Gasteiger partial charge in [0, 0.05) is 42.2 Å². The summed E-state index contributed by atoms with van der Waals surface area (Å²) < 4.78 is 5.51. The fourth-order valence-corrected chi connectivity index (χ4v) is 4.37. The first-order chi connectivity index (χ1) is 14.3. The molecule has 0 radical (unpaired) electrons. The molecule has 4 N–H and O–H groups in total. The minimum Gasteiger partial charge on any atom is -0.446 e. The number of benzene rings is 1. The standard InChI is InChI=1S/C22H27N5O3/c1-13(2)24-21(28)30-16-7-6-14(8-16)19-9-20(27-26-19)25-18-5-3-4-15-10-22(29,12-23)11-17(15)18/h3-5,9,13-14,16,29H,6-8,10-11H2,1-2H3,(H,24,28)(H2,25,26,27)/t14-,16+,22?/m0/s1. The molecule has 4 rings (SSSR count). The van der Waals surface area contributed by atoms with Crippen LogP contribution in [0.25, 0.3) is 0 Å². The van der Waals surface area contributed by atoms with Crippen LogP contribution in [0, 0.1) is 11.3 Å². The SMILES string of the molecule is CC(C)NC(=O)O[C@@H]1CC[C@H](c2cc(Nc3cccc4c3CC(O)(C#N)C4)n[nH]2)C1. The quantitative estimate of drug-likeness (QED) is 0.562. The maximum atomic E-state index is 11.8. The highest BCUT2D eigenvalue weighted by atomic mass is 16.6. The monoisotopic (exact) mass is 409 g/mol. The summed E-state index contributed by atoms with van der Waals surface area (Å²) in [5, 5.41) is 33.1. The number of aliphatic hydroxyl groups is 1. The number of rotatable bonds is 5. The topological polar surface area (TPSA) is 123 Å². The zero-order chi connectivity index (χ0) is 21.3. The molecule has 0 spiro atoms. The van der Waals surface area contributed by atoms with E-state index in [9.17, 15) is 15.2 Å². The number of hydrogen-bond acceptors (Lipinski definition) is 6. The molecule has 3 atom stereocenters. The van der Waals surface area contributed by atoms with Crippen LogP contribution >= 0.6 is 0 Å². The minimum absolute atomic E-state index is 0.0551. The number of hydrogen-bond donors (Lipinski definition) is 4. The summed E-state index contributed by atoms with van der Waals surface area (Å²) in [6.07, 6.45) is 2.72. The van der Waals surface area contributed by atoms with Gasteiger partial charge in [0.1, 0.15) is 6.10 Å². The van der Waals surface area contributed by atoms with Crippen LogP contribution in [-0.4, -0.2) is 39.1 Å². The molecule has 2 aliphatic carbocycles. The van der Waals surface area contributed by atoms with E-state index in [1.807, 2.05) is 44.2 Å². The van der Waals surface area contributed by atoms with Crippen LogP contribution in [0.4, 0.5) is 16.3 Å². The lowest BCUT2D eigenvalue weighted by molar-refractivity contribution is 0.0981. The van der Waals surface area contributed by atoms with E-state index >= 15 is 0 Å². The van der Waals surface area contributed by atoms with Crippen molar-refractivity contribution in [3.05, 3.63) is 41.1 Å². The van der Waals surface area contributed by atoms with Gasteiger partial charge in [-0.1, -0.05) is 12.1 Å². The van der Waals surface area contributed by atoms with Crippen molar-refractivity contribution in [2.24, 2.45) is 0 Å². The van der Waals surface area contributed by atoms with E-state index in [0.717, 1.165) is 41.8 Å². The zero-order valence-electron chi connectivity index (χ0n) is 17.2. The first-order valence-corrected chi connectivity index (χ1v) is 10.4. The largest absolute Gasteiger partial charge is 0.446 e. The Morgan fingerprint density at radius 1 is 1.40 bits per heavy atom. The number of anilines is 2. The molecule has 0 aliphatic heterocycles. The van der Waals surface area contributed by atoms with E-state index < -0.39 is 5.60 Å². The van der Waals surface area contributed by atoms with E-state index in [-0.39, 0.29) is 24.2 Å². The Bertz CT molecular complexity index is 979. The van der Waals surface area contributed by atoms with E-state index in [2.05, 4.69) is 20.8 Å². The summed E-state index contributed by atoms with van der Waals surface area (Å²) in [5.74, 6) is 0.947. The molecule has 1 aromatic heterocycles. The van der Waals surface area contributed by atoms with Crippen LogP contribution < -0.4 is 10.6 Å². The predicted octanol–water partition coefficient (Wildman–Crippen LogP) is 3.28. The van der Waals surface area contributed by atoms with Crippen LogP contribution in [0.2, 0.25) is 0 Å². The molecular formula is C22H27N5O3. The van der Waals surface area contributed by atoms with Crippen molar-refractivity contribution in [3.8, 4) is 6.07 Å². The number of H-pyrrole nitrogens is 1. The van der Waals surface area contributed by atoms with Crippen LogP contribution in [0.3, 0.4) is 0 Å². The molecule has 2 aliphatic rings. The van der Waals surface area contributed by atoms with Gasteiger partial charge in [-0.15, -0.1) is 0 Å². The van der Waals surface area contributed by atoms with Crippen molar-refractivity contribution >= 4 is 17.6 Å². The second-order valence-electron chi connectivity index (χ2n) is 8.61. The van der Waals surface area contributed by atoms with Gasteiger partial charge in [-0.3, -0.25) is 5.10 Å². The molecule has 1 fully saturated rings. The van der Waals surface area contributed by atoms with Gasteiger partial charge in [0.15, 0.2) is 11.4 Å². The number of carbonyl (C=O) groups is 1. The summed E-state index contributed by atoms with van der Waals surface area (Å²) >= 11 is 0. The highest BCUT2D eigenvalue weighted by Crippen LogP contribution is 2.38. The number of ether oxygens (including phenoxy) is 1. The number of aromatic nitrogens is 2. The number of fused-ring (bicyclic) bond motifs is 1. The third-order valence-electron chi connectivity index (χ3n) is 5.80. The third-order valence-corrected chi connectivity index (χ3v) is 5.80. The number of alkyl carbamates (subject to hydrolysis) is 1. The maximum Gasteiger partial charge on any atom is 0.407 e. The lowest BCUT2D eigenvalue weighted by Gasteiger charge is -2.14. The van der Waals surface area contributed by atoms with Gasteiger partial charge in [-0.2, -0.15) is 10.4 Å². The van der Waals surface area contributed by atoms with E-state index in [0.29, 0.717) is 18.7 Å². The molecule has 1 unspecified atom stereocenters. The molecule has 1 aromatic carbocycles. The lowest BCUT2D eigenvalue weighted by atomic mass is 10.0. The van der Waals surface area contributed by atoms with Crippen LogP contribution in [0.1, 0.15) is 55.8 Å². The number of nitrogens with zero attached hydrogens (tertiary/aromatic N) is 2. The van der Waals surface area contributed by atoms with Crippen LogP contribution in [0.5, 0.6) is 0 Å². The van der Waals surface area contributed by atoms with Crippen molar-refractivity contribution in [3.63, 3.8) is 0 Å². The Balaban J connectivity index is 1.39. The van der Waals surface area contributed by atoms with Gasteiger partial charge in [0.2, 0.25) is 0 Å². The number of carbonyl (C=O) groups excluding carboxylic acids is 1. The molecule has 2 aromatic rings. The Hall–Kier alpha value is -3.05.